The van der Waals surface area contributed by atoms with Gasteiger partial charge < -0.3 is 9.80 Å². The van der Waals surface area contributed by atoms with Crippen LogP contribution in [0.1, 0.15) is 50.5 Å². The number of hydrogen-bond donors (Lipinski definition) is 2. The average molecular weight is 379 g/mol. The molecule has 3 fully saturated rings. The minimum absolute atomic E-state index is 0.917. The molecule has 1 aromatic carbocycles. The highest BCUT2D eigenvalue weighted by Crippen LogP contribution is 2.28. The smallest absolute Gasteiger partial charge is 0.143 e. The maximum absolute atomic E-state index is 3.65. The second-order valence-corrected chi connectivity index (χ2v) is 8.96. The van der Waals surface area contributed by atoms with Crippen LogP contribution in [-0.4, -0.2) is 31.7 Å². The number of piperazine rings is 1. The molecule has 3 heteroatoms. The van der Waals surface area contributed by atoms with Crippen molar-refractivity contribution in [2.45, 2.75) is 63.6 Å². The Hall–Kier alpha value is -0.380. The first-order valence-corrected chi connectivity index (χ1v) is 10.5. The van der Waals surface area contributed by atoms with Gasteiger partial charge in [-0.25, -0.2) is 0 Å². The van der Waals surface area contributed by atoms with Crippen LogP contribution in [0.3, 0.4) is 0 Å². The molecule has 2 N–H and O–H groups in total. The molecule has 4 rings (SSSR count). The number of rotatable bonds is 3. The number of nitrogens with one attached hydrogen (secondary N) is 2. The van der Waals surface area contributed by atoms with E-state index in [0.29, 0.717) is 0 Å². The number of quaternary nitrogens is 2. The molecule has 0 radical (unpaired) electrons. The molecule has 2 aliphatic heterocycles. The standard InChI is InChI=1S/C20H29BrN2/c21-18-9-4-6-16(14-18)15-23-13-12-22-11-5-10-19(22)20(23)17-7-2-1-3-8-17/h4,6,9,14,17,19-20H,1-3,5,7-8,10-13,15H2/p+2/t19-,20+/m1/s1. The monoisotopic (exact) mass is 378 g/mol. The third-order valence-electron chi connectivity index (χ3n) is 6.69. The summed E-state index contributed by atoms with van der Waals surface area (Å²) in [5.41, 5.74) is 1.51. The summed E-state index contributed by atoms with van der Waals surface area (Å²) in [6.45, 7) is 5.44. The predicted molar refractivity (Wildman–Crippen MR) is 97.8 cm³/mol. The van der Waals surface area contributed by atoms with Crippen LogP contribution in [0.2, 0.25) is 0 Å². The van der Waals surface area contributed by atoms with Crippen molar-refractivity contribution in [3.63, 3.8) is 0 Å². The van der Waals surface area contributed by atoms with Crippen molar-refractivity contribution in [1.29, 1.82) is 0 Å². The van der Waals surface area contributed by atoms with Crippen LogP contribution in [0.15, 0.2) is 28.7 Å². The van der Waals surface area contributed by atoms with Crippen molar-refractivity contribution in [3.05, 3.63) is 34.3 Å². The molecule has 0 bridgehead atoms. The Morgan fingerprint density at radius 2 is 1.83 bits per heavy atom. The molecule has 1 saturated carbocycles. The highest BCUT2D eigenvalue weighted by Gasteiger charge is 2.49. The summed E-state index contributed by atoms with van der Waals surface area (Å²) >= 11 is 3.65. The molecule has 2 saturated heterocycles. The largest absolute Gasteiger partial charge is 0.323 e. The van der Waals surface area contributed by atoms with Gasteiger partial charge in [-0.15, -0.1) is 0 Å². The van der Waals surface area contributed by atoms with Gasteiger partial charge in [0.2, 0.25) is 0 Å². The molecule has 3 aliphatic rings. The van der Waals surface area contributed by atoms with Crippen molar-refractivity contribution in [2.24, 2.45) is 5.92 Å². The lowest BCUT2D eigenvalue weighted by molar-refractivity contribution is -1.05. The van der Waals surface area contributed by atoms with Crippen molar-refractivity contribution in [1.82, 2.24) is 0 Å². The van der Waals surface area contributed by atoms with Crippen molar-refractivity contribution in [2.75, 3.05) is 19.6 Å². The highest BCUT2D eigenvalue weighted by atomic mass is 79.9. The average Bonchev–Trinajstić information content (AvgIpc) is 3.04. The van der Waals surface area contributed by atoms with E-state index in [9.17, 15) is 0 Å². The van der Waals surface area contributed by atoms with E-state index in [0.717, 1.165) is 18.0 Å². The summed E-state index contributed by atoms with van der Waals surface area (Å²) in [6, 6.07) is 10.9. The molecule has 2 unspecified atom stereocenters. The van der Waals surface area contributed by atoms with Gasteiger partial charge >= 0.3 is 0 Å². The van der Waals surface area contributed by atoms with Crippen LogP contribution in [0.25, 0.3) is 0 Å². The molecule has 1 aromatic rings. The van der Waals surface area contributed by atoms with Gasteiger partial charge in [0, 0.05) is 28.8 Å². The van der Waals surface area contributed by atoms with Gasteiger partial charge in [-0.2, -0.15) is 0 Å². The second kappa shape index (κ2) is 7.25. The van der Waals surface area contributed by atoms with Crippen molar-refractivity contribution in [3.8, 4) is 0 Å². The Morgan fingerprint density at radius 3 is 2.65 bits per heavy atom. The number of halogens is 1. The normalized spacial score (nSPS) is 35.2. The van der Waals surface area contributed by atoms with E-state index in [2.05, 4.69) is 40.2 Å². The van der Waals surface area contributed by atoms with Gasteiger partial charge in [0.15, 0.2) is 0 Å². The highest BCUT2D eigenvalue weighted by molar-refractivity contribution is 9.10. The molecular formula is C20H31BrN2+2. The van der Waals surface area contributed by atoms with E-state index in [1.54, 1.807) is 0 Å². The first-order valence-electron chi connectivity index (χ1n) is 9.75. The summed E-state index contributed by atoms with van der Waals surface area (Å²) < 4.78 is 1.23. The van der Waals surface area contributed by atoms with Gasteiger partial charge in [0.05, 0.1) is 6.54 Å². The van der Waals surface area contributed by atoms with Gasteiger partial charge in [-0.05, 0) is 25.0 Å². The maximum atomic E-state index is 3.65. The minimum atomic E-state index is 0.917. The Bertz CT molecular complexity index is 526. The topological polar surface area (TPSA) is 8.88 Å². The maximum Gasteiger partial charge on any atom is 0.143 e. The van der Waals surface area contributed by atoms with Crippen LogP contribution in [-0.2, 0) is 6.54 Å². The summed E-state index contributed by atoms with van der Waals surface area (Å²) in [5, 5.41) is 0. The molecule has 2 heterocycles. The van der Waals surface area contributed by atoms with Gasteiger partial charge in [0.25, 0.3) is 0 Å². The quantitative estimate of drug-likeness (QED) is 0.793. The predicted octanol–water partition coefficient (Wildman–Crippen LogP) is 1.84. The molecule has 0 aromatic heterocycles. The zero-order chi connectivity index (χ0) is 15.6. The summed E-state index contributed by atoms with van der Waals surface area (Å²) in [5.74, 6) is 0.990. The molecular weight excluding hydrogens is 348 g/mol. The summed E-state index contributed by atoms with van der Waals surface area (Å²) in [6.07, 6.45) is 10.4. The van der Waals surface area contributed by atoms with E-state index in [1.165, 1.54) is 81.2 Å². The fourth-order valence-corrected chi connectivity index (χ4v) is 6.17. The second-order valence-electron chi connectivity index (χ2n) is 8.05. The molecule has 4 atom stereocenters. The third kappa shape index (κ3) is 3.52. The van der Waals surface area contributed by atoms with Crippen molar-refractivity contribution >= 4 is 15.9 Å². The lowest BCUT2D eigenvalue weighted by Gasteiger charge is -2.44. The fraction of sp³-hybridized carbons (Fsp3) is 0.700. The van der Waals surface area contributed by atoms with Crippen LogP contribution < -0.4 is 9.80 Å². The Kier molecular flexibility index (Phi) is 5.07. The van der Waals surface area contributed by atoms with E-state index in [-0.39, 0.29) is 0 Å². The Balaban J connectivity index is 1.55. The molecule has 126 valence electrons. The zero-order valence-corrected chi connectivity index (χ0v) is 15.8. The first-order chi connectivity index (χ1) is 11.3. The van der Waals surface area contributed by atoms with Crippen LogP contribution in [0, 0.1) is 5.92 Å². The van der Waals surface area contributed by atoms with Gasteiger partial charge in [-0.3, -0.25) is 0 Å². The molecule has 0 spiro atoms. The van der Waals surface area contributed by atoms with Gasteiger partial charge in [-0.1, -0.05) is 47.3 Å². The van der Waals surface area contributed by atoms with Crippen LogP contribution in [0.4, 0.5) is 0 Å². The van der Waals surface area contributed by atoms with E-state index >= 15 is 0 Å². The van der Waals surface area contributed by atoms with Gasteiger partial charge in [0.1, 0.15) is 31.7 Å². The van der Waals surface area contributed by atoms with E-state index in [1.807, 2.05) is 9.80 Å². The SMILES string of the molecule is Brc1cccc(C[NH+]2CC[NH+]3CCC[C@@H]3[C@@H]2C2CCCCC2)c1. The summed E-state index contributed by atoms with van der Waals surface area (Å²) in [4.78, 5) is 3.84. The molecule has 0 amide bonds. The first kappa shape index (κ1) is 16.1. The number of fused-ring (bicyclic) bond motifs is 1. The minimum Gasteiger partial charge on any atom is -0.323 e. The third-order valence-corrected chi connectivity index (χ3v) is 7.18. The lowest BCUT2D eigenvalue weighted by Crippen LogP contribution is -3.32. The zero-order valence-electron chi connectivity index (χ0n) is 14.2. The van der Waals surface area contributed by atoms with E-state index in [4.69, 9.17) is 0 Å². The Labute approximate surface area is 149 Å². The number of benzene rings is 1. The number of hydrogen-bond acceptors (Lipinski definition) is 0. The summed E-state index contributed by atoms with van der Waals surface area (Å²) in [7, 11) is 0. The van der Waals surface area contributed by atoms with Crippen LogP contribution in [0.5, 0.6) is 0 Å². The Morgan fingerprint density at radius 1 is 0.957 bits per heavy atom. The molecule has 23 heavy (non-hydrogen) atoms. The molecule has 2 nitrogen and oxygen atoms in total. The van der Waals surface area contributed by atoms with Crippen molar-refractivity contribution < 1.29 is 9.80 Å². The lowest BCUT2D eigenvalue weighted by atomic mass is 9.78. The van der Waals surface area contributed by atoms with Crippen LogP contribution >= 0.6 is 15.9 Å². The molecule has 1 aliphatic carbocycles. The van der Waals surface area contributed by atoms with E-state index < -0.39 is 0 Å². The fourth-order valence-electron chi connectivity index (χ4n) is 5.73.